The molecule has 19 heavy (non-hydrogen) atoms. The molecule has 1 heterocycles. The van der Waals surface area contributed by atoms with Crippen LogP contribution in [0.3, 0.4) is 0 Å². The number of fused-ring (bicyclic) bond motifs is 1. The smallest absolute Gasteiger partial charge is 0.149 e. The van der Waals surface area contributed by atoms with E-state index in [9.17, 15) is 4.39 Å². The second kappa shape index (κ2) is 4.80. The van der Waals surface area contributed by atoms with Crippen molar-refractivity contribution in [1.29, 1.82) is 0 Å². The van der Waals surface area contributed by atoms with E-state index in [1.165, 1.54) is 6.07 Å². The number of hydrogen-bond acceptors (Lipinski definition) is 1. The summed E-state index contributed by atoms with van der Waals surface area (Å²) in [7, 11) is 0. The van der Waals surface area contributed by atoms with Crippen molar-refractivity contribution in [1.82, 2.24) is 4.98 Å². The Bertz CT molecular complexity index is 754. The Morgan fingerprint density at radius 3 is 2.42 bits per heavy atom. The van der Waals surface area contributed by atoms with Crippen LogP contribution in [-0.2, 0) is 0 Å². The zero-order valence-electron chi connectivity index (χ0n) is 9.70. The molecule has 0 bridgehead atoms. The summed E-state index contributed by atoms with van der Waals surface area (Å²) in [5, 5.41) is 1.73. The third-order valence-corrected chi connectivity index (χ3v) is 3.44. The van der Waals surface area contributed by atoms with Crippen LogP contribution >= 0.6 is 23.2 Å². The van der Waals surface area contributed by atoms with E-state index in [4.69, 9.17) is 23.2 Å². The first-order chi connectivity index (χ1) is 9.15. The van der Waals surface area contributed by atoms with Crippen LogP contribution in [0, 0.1) is 5.82 Å². The molecule has 0 saturated carbocycles. The molecular weight excluding hydrogens is 284 g/mol. The molecule has 0 fully saturated rings. The minimum atomic E-state index is -0.379. The van der Waals surface area contributed by atoms with Crippen molar-refractivity contribution in [2.45, 2.75) is 0 Å². The van der Waals surface area contributed by atoms with Gasteiger partial charge in [-0.25, -0.2) is 9.37 Å². The van der Waals surface area contributed by atoms with E-state index in [1.807, 2.05) is 12.1 Å². The Morgan fingerprint density at radius 2 is 1.68 bits per heavy atom. The molecule has 0 aliphatic rings. The normalized spacial score (nSPS) is 10.9. The van der Waals surface area contributed by atoms with Crippen molar-refractivity contribution in [3.63, 3.8) is 0 Å². The molecule has 94 valence electrons. The molecular formula is C15H8Cl2FN. The van der Waals surface area contributed by atoms with Gasteiger partial charge in [-0.15, -0.1) is 0 Å². The topological polar surface area (TPSA) is 12.9 Å². The number of rotatable bonds is 1. The molecule has 1 aromatic heterocycles. The summed E-state index contributed by atoms with van der Waals surface area (Å²) >= 11 is 12.0. The summed E-state index contributed by atoms with van der Waals surface area (Å²) < 4.78 is 13.8. The molecule has 0 spiro atoms. The molecule has 0 aliphatic carbocycles. The van der Waals surface area contributed by atoms with Crippen LogP contribution in [0.25, 0.3) is 22.2 Å². The fraction of sp³-hybridized carbons (Fsp3) is 0. The largest absolute Gasteiger partial charge is 0.245 e. The van der Waals surface area contributed by atoms with Gasteiger partial charge in [0.15, 0.2) is 0 Å². The van der Waals surface area contributed by atoms with Crippen molar-refractivity contribution >= 4 is 34.1 Å². The van der Waals surface area contributed by atoms with Gasteiger partial charge in [0.1, 0.15) is 11.3 Å². The summed E-state index contributed by atoms with van der Waals surface area (Å²) in [5.74, 6) is -0.379. The van der Waals surface area contributed by atoms with Crippen molar-refractivity contribution in [2.24, 2.45) is 0 Å². The first kappa shape index (κ1) is 12.4. The van der Waals surface area contributed by atoms with Gasteiger partial charge < -0.3 is 0 Å². The monoisotopic (exact) mass is 291 g/mol. The van der Waals surface area contributed by atoms with Crippen LogP contribution in [0.1, 0.15) is 0 Å². The number of hydrogen-bond donors (Lipinski definition) is 0. The van der Waals surface area contributed by atoms with E-state index in [-0.39, 0.29) is 11.3 Å². The minimum absolute atomic E-state index is 0.278. The third kappa shape index (κ3) is 2.29. The molecule has 2 aromatic carbocycles. The lowest BCUT2D eigenvalue weighted by Gasteiger charge is -2.06. The molecule has 0 N–H and O–H groups in total. The highest BCUT2D eigenvalue weighted by Gasteiger charge is 2.09. The Balaban J connectivity index is 2.25. The fourth-order valence-electron chi connectivity index (χ4n) is 1.94. The molecule has 0 saturated heterocycles. The van der Waals surface area contributed by atoms with Crippen LogP contribution in [0.5, 0.6) is 0 Å². The van der Waals surface area contributed by atoms with Gasteiger partial charge >= 0.3 is 0 Å². The van der Waals surface area contributed by atoms with E-state index >= 15 is 0 Å². The Labute approximate surface area is 119 Å². The average molecular weight is 292 g/mol. The summed E-state index contributed by atoms with van der Waals surface area (Å²) in [6.07, 6.45) is 0. The zero-order valence-corrected chi connectivity index (χ0v) is 11.2. The highest BCUT2D eigenvalue weighted by Crippen LogP contribution is 2.29. The van der Waals surface area contributed by atoms with Gasteiger partial charge in [-0.2, -0.15) is 0 Å². The SMILES string of the molecule is Fc1cccc2c(Cl)cc(-c3ccc(Cl)cc3)nc12. The quantitative estimate of drug-likeness (QED) is 0.589. The Kier molecular flexibility index (Phi) is 3.13. The van der Waals surface area contributed by atoms with E-state index in [0.29, 0.717) is 21.1 Å². The maximum atomic E-state index is 13.8. The van der Waals surface area contributed by atoms with Crippen molar-refractivity contribution in [2.75, 3.05) is 0 Å². The summed E-state index contributed by atoms with van der Waals surface area (Å²) in [6, 6.07) is 13.6. The maximum absolute atomic E-state index is 13.8. The van der Waals surface area contributed by atoms with Gasteiger partial charge in [-0.05, 0) is 24.3 Å². The average Bonchev–Trinajstić information content (AvgIpc) is 2.41. The van der Waals surface area contributed by atoms with Crippen molar-refractivity contribution < 1.29 is 4.39 Å². The molecule has 0 amide bonds. The fourth-order valence-corrected chi connectivity index (χ4v) is 2.32. The van der Waals surface area contributed by atoms with Gasteiger partial charge in [0.2, 0.25) is 0 Å². The molecule has 3 rings (SSSR count). The van der Waals surface area contributed by atoms with E-state index in [0.717, 1.165) is 5.56 Å². The molecule has 0 atom stereocenters. The summed E-state index contributed by atoms with van der Waals surface area (Å²) in [4.78, 5) is 4.33. The van der Waals surface area contributed by atoms with Crippen LogP contribution in [0.4, 0.5) is 4.39 Å². The van der Waals surface area contributed by atoms with Crippen molar-refractivity contribution in [3.8, 4) is 11.3 Å². The number of aromatic nitrogens is 1. The van der Waals surface area contributed by atoms with Gasteiger partial charge in [0.05, 0.1) is 10.7 Å². The van der Waals surface area contributed by atoms with Crippen LogP contribution in [-0.4, -0.2) is 4.98 Å². The first-order valence-electron chi connectivity index (χ1n) is 5.66. The zero-order chi connectivity index (χ0) is 13.4. The highest BCUT2D eigenvalue weighted by atomic mass is 35.5. The molecule has 1 nitrogen and oxygen atoms in total. The van der Waals surface area contributed by atoms with Crippen molar-refractivity contribution in [3.05, 3.63) is 64.4 Å². The highest BCUT2D eigenvalue weighted by molar-refractivity contribution is 6.35. The van der Waals surface area contributed by atoms with Crippen LogP contribution < -0.4 is 0 Å². The maximum Gasteiger partial charge on any atom is 0.149 e. The Morgan fingerprint density at radius 1 is 0.947 bits per heavy atom. The van der Waals surface area contributed by atoms with Gasteiger partial charge in [-0.3, -0.25) is 0 Å². The Hall–Kier alpha value is -1.64. The van der Waals surface area contributed by atoms with Gasteiger partial charge in [-0.1, -0.05) is 47.5 Å². The lowest BCUT2D eigenvalue weighted by atomic mass is 10.1. The van der Waals surface area contributed by atoms with E-state index < -0.39 is 0 Å². The number of halogens is 3. The minimum Gasteiger partial charge on any atom is -0.245 e. The molecule has 0 unspecified atom stereocenters. The third-order valence-electron chi connectivity index (χ3n) is 2.88. The molecule has 3 aromatic rings. The molecule has 4 heteroatoms. The van der Waals surface area contributed by atoms with Crippen LogP contribution in [0.2, 0.25) is 10.0 Å². The van der Waals surface area contributed by atoms with Gasteiger partial charge in [0, 0.05) is 16.0 Å². The lowest BCUT2D eigenvalue weighted by molar-refractivity contribution is 0.637. The second-order valence-electron chi connectivity index (χ2n) is 4.13. The number of nitrogens with zero attached hydrogens (tertiary/aromatic N) is 1. The summed E-state index contributed by atoms with van der Waals surface area (Å²) in [6.45, 7) is 0. The molecule has 0 aliphatic heterocycles. The number of benzene rings is 2. The van der Waals surface area contributed by atoms with Gasteiger partial charge in [0.25, 0.3) is 0 Å². The summed E-state index contributed by atoms with van der Waals surface area (Å²) in [5.41, 5.74) is 1.75. The second-order valence-corrected chi connectivity index (χ2v) is 4.98. The lowest BCUT2D eigenvalue weighted by Crippen LogP contribution is -1.89. The van der Waals surface area contributed by atoms with Crippen LogP contribution in [0.15, 0.2) is 48.5 Å². The van der Waals surface area contributed by atoms with E-state index in [2.05, 4.69) is 4.98 Å². The standard InChI is InChI=1S/C15H8Cl2FN/c16-10-6-4-9(5-7-10)14-8-12(17)11-2-1-3-13(18)15(11)19-14/h1-8H. The molecule has 0 radical (unpaired) electrons. The van der Waals surface area contributed by atoms with E-state index in [1.54, 1.807) is 30.3 Å². The number of pyridine rings is 1. The predicted octanol–water partition coefficient (Wildman–Crippen LogP) is 5.35. The number of para-hydroxylation sites is 1. The predicted molar refractivity (Wildman–Crippen MR) is 77.2 cm³/mol. The first-order valence-corrected chi connectivity index (χ1v) is 6.41.